The van der Waals surface area contributed by atoms with Crippen LogP contribution < -0.4 is 33.9 Å². The molecule has 70 heavy (non-hydrogen) atoms. The van der Waals surface area contributed by atoms with Gasteiger partial charge in [-0.25, -0.2) is 0 Å². The second kappa shape index (κ2) is 24.3. The number of esters is 4. The molecular weight excluding hydrogens is 940 g/mol. The molecule has 0 bridgehead atoms. The minimum Gasteiger partial charge on any atom is -0.857 e. The molecule has 364 valence electrons. The highest BCUT2D eigenvalue weighted by Gasteiger charge is 2.33. The summed E-state index contributed by atoms with van der Waals surface area (Å²) in [5.74, 6) is -2.74. The zero-order valence-electron chi connectivity index (χ0n) is 38.3. The van der Waals surface area contributed by atoms with Gasteiger partial charge in [0.05, 0.1) is 53.7 Å². The summed E-state index contributed by atoms with van der Waals surface area (Å²) in [5.41, 5.74) is 1.78. The van der Waals surface area contributed by atoms with Crippen molar-refractivity contribution in [2.75, 3.05) is 20.8 Å². The van der Waals surface area contributed by atoms with Gasteiger partial charge in [-0.3, -0.25) is 24.0 Å². The molecule has 0 radical (unpaired) electrons. The molecule has 0 spiro atoms. The molecule has 4 aromatic carbocycles. The number of hydrogen-bond acceptors (Lipinski definition) is 16. The van der Waals surface area contributed by atoms with E-state index in [1.165, 1.54) is 68.0 Å². The van der Waals surface area contributed by atoms with Gasteiger partial charge in [-0.05, 0) is 147 Å². The molecule has 1 heterocycles. The number of hydrogen-bond donors (Lipinski definition) is 0. The van der Waals surface area contributed by atoms with Gasteiger partial charge in [0.2, 0.25) is 0 Å². The van der Waals surface area contributed by atoms with E-state index in [2.05, 4.69) is 10.2 Å². The Bertz CT molecular complexity index is 2730. The van der Waals surface area contributed by atoms with Crippen LogP contribution in [0.5, 0.6) is 28.7 Å². The fourth-order valence-corrected chi connectivity index (χ4v) is 8.97. The van der Waals surface area contributed by atoms with Gasteiger partial charge in [-0.15, -0.1) is 11.3 Å². The molecule has 0 amide bonds. The van der Waals surface area contributed by atoms with Gasteiger partial charge in [0.25, 0.3) is 0 Å². The van der Waals surface area contributed by atoms with Crippen LogP contribution in [0.15, 0.2) is 119 Å². The number of nitrogens with zero attached hydrogens (tertiary/aromatic N) is 2. The van der Waals surface area contributed by atoms with Gasteiger partial charge in [0.15, 0.2) is 5.78 Å². The third-order valence-corrected chi connectivity index (χ3v) is 13.4. The van der Waals surface area contributed by atoms with Crippen LogP contribution in [0.1, 0.15) is 83.3 Å². The first kappa shape index (κ1) is 50.6. The second-order valence-electron chi connectivity index (χ2n) is 16.7. The Hall–Kier alpha value is -7.30. The quantitative estimate of drug-likeness (QED) is 0.0155. The maximum atomic E-state index is 13.3. The zero-order chi connectivity index (χ0) is 49.6. The van der Waals surface area contributed by atoms with E-state index in [1.54, 1.807) is 72.8 Å². The molecule has 7 rings (SSSR count). The fraction of sp³-hybridized carbons (Fsp3) is 0.302. The van der Waals surface area contributed by atoms with Crippen LogP contribution in [0.4, 0.5) is 0 Å². The van der Waals surface area contributed by atoms with Crippen LogP contribution in [-0.4, -0.2) is 62.3 Å². The molecular formula is C53H49ClN2O13S-2. The summed E-state index contributed by atoms with van der Waals surface area (Å²) >= 11 is 7.15. The first-order chi connectivity index (χ1) is 33.8. The van der Waals surface area contributed by atoms with Crippen LogP contribution in [0, 0.1) is 23.7 Å². The Morgan fingerprint density at radius 3 is 1.53 bits per heavy atom. The summed E-state index contributed by atoms with van der Waals surface area (Å²) in [6.45, 7) is 0.159. The van der Waals surface area contributed by atoms with E-state index in [4.69, 9.17) is 40.0 Å². The number of carbonyl (C=O) groups excluding carboxylic acids is 5. The van der Waals surface area contributed by atoms with E-state index < -0.39 is 35.6 Å². The lowest BCUT2D eigenvalue weighted by Gasteiger charge is -2.26. The number of ketones is 1. The van der Waals surface area contributed by atoms with Crippen LogP contribution >= 0.6 is 22.9 Å². The van der Waals surface area contributed by atoms with Crippen molar-refractivity contribution in [3.05, 3.63) is 141 Å². The average Bonchev–Trinajstić information content (AvgIpc) is 3.84. The van der Waals surface area contributed by atoms with Crippen LogP contribution in [-0.2, 0) is 30.3 Å². The molecule has 15 nitrogen and oxygen atoms in total. The largest absolute Gasteiger partial charge is 0.857 e. The first-order valence-corrected chi connectivity index (χ1v) is 23.9. The topological polar surface area (TPSA) is 212 Å². The Kier molecular flexibility index (Phi) is 17.6. The van der Waals surface area contributed by atoms with Crippen LogP contribution in [0.3, 0.4) is 0 Å². The Labute approximate surface area is 413 Å². The summed E-state index contributed by atoms with van der Waals surface area (Å²) in [5, 5.41) is 31.7. The number of halogens is 1. The van der Waals surface area contributed by atoms with Crippen molar-refractivity contribution in [3.8, 4) is 28.7 Å². The normalized spacial score (nSPS) is 18.4. The first-order valence-electron chi connectivity index (χ1n) is 22.7. The van der Waals surface area contributed by atoms with Crippen molar-refractivity contribution < 1.29 is 62.6 Å². The number of carbonyl (C=O) groups is 5. The average molecular weight is 989 g/mol. The number of rotatable bonds is 18. The van der Waals surface area contributed by atoms with Crippen LogP contribution in [0.25, 0.3) is 6.08 Å². The SMILES string of the molecule is COc1ccc(C([O-])=NN=C([O-])c2ccc(OC(=O)C3CCC(C(=O)OCCc4ccc(OC(=O)C5CCC(C(=O)Oc6ccc(OC)cc6/C=C/C(=O)c6ccc(Cl)s6)CC5)cc4)CC3)cc2)cc1. The van der Waals surface area contributed by atoms with E-state index in [1.807, 2.05) is 0 Å². The van der Waals surface area contributed by atoms with Gasteiger partial charge in [0.1, 0.15) is 28.7 Å². The molecule has 2 saturated carbocycles. The van der Waals surface area contributed by atoms with Crippen molar-refractivity contribution in [2.24, 2.45) is 33.9 Å². The third kappa shape index (κ3) is 13.9. The van der Waals surface area contributed by atoms with Crippen molar-refractivity contribution >= 4 is 70.5 Å². The molecule has 0 aliphatic heterocycles. The summed E-state index contributed by atoms with van der Waals surface area (Å²) in [6, 6.07) is 27.2. The molecule has 2 aliphatic rings. The summed E-state index contributed by atoms with van der Waals surface area (Å²) in [4.78, 5) is 65.3. The predicted octanol–water partition coefficient (Wildman–Crippen LogP) is 7.96. The van der Waals surface area contributed by atoms with Crippen LogP contribution in [0.2, 0.25) is 4.34 Å². The standard InChI is InChI=1S/C53H51ClN2O13S/c1-64-40-20-13-33(14-21-40)48(58)55-56-49(59)34-15-22-42(23-16-34)68-52(62)36-7-5-35(6-8-36)50(60)66-30-29-32-3-18-41(19-4-32)67-51(61)37-9-11-38(12-10-37)53(63)69-45-26-24-43(65-2)31-39(45)17-25-44(57)46-27-28-47(54)70-46/h3-4,13-28,31,35-38H,5-12,29-30H2,1-2H3,(H,55,58)(H,56,59)/p-2/b25-17+. The summed E-state index contributed by atoms with van der Waals surface area (Å²) < 4.78 is 33.5. The molecule has 2 aliphatic carbocycles. The van der Waals surface area contributed by atoms with Crippen molar-refractivity contribution in [2.45, 2.75) is 57.8 Å². The number of methoxy groups -OCH3 is 2. The highest BCUT2D eigenvalue weighted by atomic mass is 35.5. The van der Waals surface area contributed by atoms with E-state index in [-0.39, 0.29) is 58.8 Å². The smallest absolute Gasteiger partial charge is 0.314 e. The predicted molar refractivity (Wildman–Crippen MR) is 257 cm³/mol. The van der Waals surface area contributed by atoms with Gasteiger partial charge >= 0.3 is 23.9 Å². The summed E-state index contributed by atoms with van der Waals surface area (Å²) in [6.07, 6.45) is 7.06. The lowest BCUT2D eigenvalue weighted by molar-refractivity contribution is -0.217. The molecule has 17 heteroatoms. The molecule has 0 atom stereocenters. The van der Waals surface area contributed by atoms with Gasteiger partial charge in [-0.2, -0.15) is 10.2 Å². The highest BCUT2D eigenvalue weighted by molar-refractivity contribution is 7.18. The number of thiophene rings is 1. The number of ether oxygens (including phenoxy) is 6. The molecule has 0 N–H and O–H groups in total. The molecule has 0 unspecified atom stereocenters. The van der Waals surface area contributed by atoms with Gasteiger partial charge in [0, 0.05) is 23.8 Å². The summed E-state index contributed by atoms with van der Waals surface area (Å²) in [7, 11) is 3.02. The molecule has 0 saturated heterocycles. The Morgan fingerprint density at radius 1 is 0.586 bits per heavy atom. The monoisotopic (exact) mass is 988 g/mol. The Morgan fingerprint density at radius 2 is 1.04 bits per heavy atom. The molecule has 5 aromatic rings. The van der Waals surface area contributed by atoms with E-state index in [0.717, 1.165) is 5.56 Å². The number of allylic oxidation sites excluding steroid dienone is 1. The van der Waals surface area contributed by atoms with Gasteiger partial charge < -0.3 is 38.6 Å². The zero-order valence-corrected chi connectivity index (χ0v) is 39.9. The lowest BCUT2D eigenvalue weighted by atomic mass is 9.82. The van der Waals surface area contributed by atoms with Crippen molar-refractivity contribution in [1.82, 2.24) is 0 Å². The number of benzene rings is 4. The lowest BCUT2D eigenvalue weighted by Crippen LogP contribution is -2.30. The fourth-order valence-electron chi connectivity index (χ4n) is 8.01. The maximum Gasteiger partial charge on any atom is 0.314 e. The van der Waals surface area contributed by atoms with E-state index in [9.17, 15) is 34.2 Å². The third-order valence-electron chi connectivity index (χ3n) is 12.1. The second-order valence-corrected chi connectivity index (χ2v) is 18.4. The minimum absolute atomic E-state index is 0.156. The highest BCUT2D eigenvalue weighted by Crippen LogP contribution is 2.34. The Balaban J connectivity index is 0.782. The van der Waals surface area contributed by atoms with Crippen molar-refractivity contribution in [3.63, 3.8) is 0 Å². The van der Waals surface area contributed by atoms with E-state index >= 15 is 0 Å². The van der Waals surface area contributed by atoms with Crippen molar-refractivity contribution in [1.29, 1.82) is 0 Å². The van der Waals surface area contributed by atoms with Gasteiger partial charge in [-0.1, -0.05) is 48.0 Å². The minimum atomic E-state index is -0.734. The molecule has 1 aromatic heterocycles. The van der Waals surface area contributed by atoms with E-state index in [0.29, 0.717) is 89.8 Å². The maximum absolute atomic E-state index is 13.3. The molecule has 2 fully saturated rings.